The van der Waals surface area contributed by atoms with Gasteiger partial charge in [0.25, 0.3) is 0 Å². The molecule has 0 aliphatic carbocycles. The first-order valence-electron chi connectivity index (χ1n) is 51.1. The van der Waals surface area contributed by atoms with Gasteiger partial charge < -0.3 is 5.53 Å². The Morgan fingerprint density at radius 2 is 0.327 bits per heavy atom. The van der Waals surface area contributed by atoms with Crippen LogP contribution in [0.3, 0.4) is 0 Å². The Bertz CT molecular complexity index is 2290. The molecular formula is C107H196N2Ni. The van der Waals surface area contributed by atoms with Crippen LogP contribution in [0.1, 0.15) is 583 Å². The van der Waals surface area contributed by atoms with E-state index in [1.807, 2.05) is 0 Å². The molecule has 0 spiro atoms. The standard InChI is InChI=1S/C57H94N2.2C25H51.Ni/c1-7-13-19-24-27-33-38-50-42-48(36-31-22-16-10-4)44-52(46-50)56-54(40-30-18-12-6)55(41-35-29-26-21-15-9-3)57(59(56)58)53-45-49(37-32-23-17-11-5)43-51(47-53)39-34-28-25-20-14-8-2;2*1-3-5-7-9-11-13-15-17-19-21-23-25-24-22-20-18-16-14-12-10-8-6-4-2;/h42-47H,7-41H2,1-6H3;2*1,3-25H2,2H3;. The van der Waals surface area contributed by atoms with Crippen LogP contribution in [-0.4, -0.2) is 4.70 Å². The fourth-order valence-electron chi connectivity index (χ4n) is 17.5. The molecule has 0 saturated heterocycles. The minimum atomic E-state index is 1.05. The summed E-state index contributed by atoms with van der Waals surface area (Å²) in [6, 6.07) is 15.0. The van der Waals surface area contributed by atoms with Gasteiger partial charge in [0.05, 0.1) is 0 Å². The number of allylic oxidation sites excluding steroid dienone is 2. The molecule has 2 aromatic rings. The van der Waals surface area contributed by atoms with Crippen molar-refractivity contribution in [3.8, 4) is 0 Å². The van der Waals surface area contributed by atoms with Gasteiger partial charge in [-0.15, -0.1) is 0 Å². The van der Waals surface area contributed by atoms with Gasteiger partial charge >= 0.3 is 166 Å². The molecule has 2 aromatic carbocycles. The summed E-state index contributed by atoms with van der Waals surface area (Å²) in [5.74, 6) is 0. The zero-order valence-corrected chi connectivity index (χ0v) is 77.4. The summed E-state index contributed by atoms with van der Waals surface area (Å²) in [5.41, 5.74) is 26.4. The van der Waals surface area contributed by atoms with E-state index in [4.69, 9.17) is 0 Å². The summed E-state index contributed by atoms with van der Waals surface area (Å²) in [7, 11) is 0. The van der Waals surface area contributed by atoms with E-state index in [1.54, 1.807) is 4.70 Å². The van der Waals surface area contributed by atoms with Crippen LogP contribution in [0.4, 0.5) is 0 Å². The Hall–Kier alpha value is -1.99. The van der Waals surface area contributed by atoms with E-state index in [2.05, 4.69) is 106 Å². The molecule has 0 unspecified atom stereocenters. The molecule has 1 aliphatic heterocycles. The number of unbranched alkanes of at least 4 members (excludes halogenated alkanes) is 67. The molecule has 110 heavy (non-hydrogen) atoms. The first-order valence-corrected chi connectivity index (χ1v) is 52.5. The second-order valence-electron chi connectivity index (χ2n) is 35.7. The van der Waals surface area contributed by atoms with E-state index in [0.29, 0.717) is 0 Å². The van der Waals surface area contributed by atoms with Crippen molar-refractivity contribution < 1.29 is 19.1 Å². The third kappa shape index (κ3) is 60.5. The monoisotopic (exact) mass is 1570 g/mol. The predicted octanol–water partition coefficient (Wildman–Crippen LogP) is 39.1. The molecule has 3 rings (SSSR count). The summed E-state index contributed by atoms with van der Waals surface area (Å²) < 4.78 is 1.73. The Labute approximate surface area is 698 Å². The van der Waals surface area contributed by atoms with Crippen molar-refractivity contribution in [3.63, 3.8) is 0 Å². The average molecular weight is 1570 g/mol. The van der Waals surface area contributed by atoms with Crippen LogP contribution >= 0.6 is 0 Å². The molecular weight excluding hydrogens is 1370 g/mol. The Kier molecular flexibility index (Phi) is 77.7. The molecule has 0 radical (unpaired) electrons. The first kappa shape index (κ1) is 104. The second kappa shape index (κ2) is 82.1. The first-order chi connectivity index (χ1) is 54.4. The maximum absolute atomic E-state index is 12.9. The van der Waals surface area contributed by atoms with Crippen LogP contribution in [0.15, 0.2) is 47.5 Å². The molecule has 0 aromatic heterocycles. The molecule has 0 N–H and O–H groups in total. The number of rotatable bonds is 85. The van der Waals surface area contributed by atoms with Gasteiger partial charge in [0.2, 0.25) is 11.4 Å². The molecule has 1 aliphatic rings. The summed E-state index contributed by atoms with van der Waals surface area (Å²) in [6.07, 6.45) is 112. The average Bonchev–Trinajstić information content (AvgIpc) is 1.60. The van der Waals surface area contributed by atoms with E-state index in [-0.39, 0.29) is 0 Å². The third-order valence-electron chi connectivity index (χ3n) is 24.8. The van der Waals surface area contributed by atoms with Gasteiger partial charge in [0.15, 0.2) is 0 Å². The van der Waals surface area contributed by atoms with Crippen molar-refractivity contribution in [2.24, 2.45) is 0 Å². The van der Waals surface area contributed by atoms with Crippen molar-refractivity contribution in [2.45, 2.75) is 586 Å². The van der Waals surface area contributed by atoms with Crippen molar-refractivity contribution in [1.29, 1.82) is 0 Å². The molecule has 2 nitrogen and oxygen atoms in total. The second-order valence-corrected chi connectivity index (χ2v) is 37.2. The molecule has 1 heterocycles. The minimum Gasteiger partial charge on any atom is -0.0654 e. The van der Waals surface area contributed by atoms with E-state index in [9.17, 15) is 5.53 Å². The summed E-state index contributed by atoms with van der Waals surface area (Å²) in [5, 5.41) is 2.87. The number of benzene rings is 2. The smallest absolute Gasteiger partial charge is 0.0654 e. The van der Waals surface area contributed by atoms with Crippen molar-refractivity contribution in [1.82, 2.24) is 0 Å². The molecule has 0 bridgehead atoms. The minimum absolute atomic E-state index is 1.05. The zero-order chi connectivity index (χ0) is 79.0. The van der Waals surface area contributed by atoms with E-state index in [1.165, 1.54) is 537 Å². The molecule has 3 heteroatoms. The Morgan fingerprint density at radius 3 is 0.527 bits per heavy atom. The fourth-order valence-corrected chi connectivity index (χ4v) is 18.7. The predicted molar refractivity (Wildman–Crippen MR) is 496 cm³/mol. The fraction of sp³-hybridized carbons (Fsp3) is 0.850. The van der Waals surface area contributed by atoms with E-state index >= 15 is 0 Å². The third-order valence-corrected chi connectivity index (χ3v) is 26.1. The normalized spacial score (nSPS) is 12.5. The van der Waals surface area contributed by atoms with E-state index < -0.39 is 0 Å². The van der Waals surface area contributed by atoms with Gasteiger partial charge in [-0.2, -0.15) is 0 Å². The molecule has 644 valence electrons. The van der Waals surface area contributed by atoms with Crippen molar-refractivity contribution in [2.75, 3.05) is 0 Å². The quantitative estimate of drug-likeness (QED) is 0.0358. The topological polar surface area (TPSA) is 25.3 Å². The van der Waals surface area contributed by atoms with Gasteiger partial charge in [-0.3, -0.25) is 0 Å². The van der Waals surface area contributed by atoms with Gasteiger partial charge in [-0.1, -0.05) is 369 Å². The van der Waals surface area contributed by atoms with Gasteiger partial charge in [-0.05, 0) is 124 Å². The molecule has 0 fully saturated rings. The summed E-state index contributed by atoms with van der Waals surface area (Å²) in [4.78, 5) is 0. The van der Waals surface area contributed by atoms with Gasteiger partial charge in [-0.25, -0.2) is 4.70 Å². The van der Waals surface area contributed by atoms with Crippen LogP contribution in [0.2, 0.25) is 10.8 Å². The molecule has 0 atom stereocenters. The maximum atomic E-state index is 12.9. The van der Waals surface area contributed by atoms with Crippen LogP contribution in [0.25, 0.3) is 16.9 Å². The van der Waals surface area contributed by atoms with Gasteiger partial charge in [0, 0.05) is 22.3 Å². The van der Waals surface area contributed by atoms with Crippen molar-refractivity contribution in [3.05, 3.63) is 86.5 Å². The van der Waals surface area contributed by atoms with Crippen LogP contribution < -0.4 is 0 Å². The number of hydrogen-bond donors (Lipinski definition) is 0. The number of hydrogen-bond acceptors (Lipinski definition) is 0. The number of aryl methyl sites for hydroxylation is 4. The van der Waals surface area contributed by atoms with Crippen LogP contribution in [0.5, 0.6) is 0 Å². The van der Waals surface area contributed by atoms with Crippen molar-refractivity contribution >= 4 is 11.4 Å². The SMILES string of the molecule is CCCCCCCCC1=C(c2cc(CCCCCC)cc(CCCCCCCC)c2)[N+](=[N-])C(c2cc(CCCCCC)cc(CCCCCCCC)c2)=C1CCCCC.CCCCCCCCCCCCCCCCCCCCCCCC[CH2][Ni][CH2]CCCCCCCCCCCCCCCCCCCCCCCC. The van der Waals surface area contributed by atoms with E-state index in [0.717, 1.165) is 49.9 Å². The van der Waals surface area contributed by atoms with Crippen LogP contribution in [0, 0.1) is 0 Å². The molecule has 0 amide bonds. The number of nitrogens with zero attached hydrogens (tertiary/aromatic N) is 2. The zero-order valence-electron chi connectivity index (χ0n) is 76.4. The molecule has 0 saturated carbocycles. The van der Waals surface area contributed by atoms with Crippen LogP contribution in [-0.2, 0) is 40.1 Å². The summed E-state index contributed by atoms with van der Waals surface area (Å²) in [6.45, 7) is 18.5. The Morgan fingerprint density at radius 1 is 0.182 bits per heavy atom. The summed E-state index contributed by atoms with van der Waals surface area (Å²) >= 11 is 2.05. The van der Waals surface area contributed by atoms with Gasteiger partial charge in [0.1, 0.15) is 0 Å². The Balaban J connectivity index is 0.000000756.